The number of nitrogens with one attached hydrogen (secondary N) is 2. The van der Waals surface area contributed by atoms with Gasteiger partial charge in [-0.1, -0.05) is 12.5 Å². The Hall–Kier alpha value is -2.26. The monoisotopic (exact) mass is 397 g/mol. The normalized spacial score (nSPS) is 17.9. The first-order valence-electron chi connectivity index (χ1n) is 8.80. The van der Waals surface area contributed by atoms with Gasteiger partial charge in [0.25, 0.3) is 0 Å². The average Bonchev–Trinajstić information content (AvgIpc) is 2.66. The van der Waals surface area contributed by atoms with Crippen molar-refractivity contribution in [2.75, 3.05) is 19.6 Å². The lowest BCUT2D eigenvalue weighted by Gasteiger charge is -2.34. The molecular formula is C18H24FN3O4S. The molecule has 1 aliphatic heterocycles. The minimum Gasteiger partial charge on any atom is -0.348 e. The number of carbonyl (C=O) groups is 2. The van der Waals surface area contributed by atoms with Crippen molar-refractivity contribution in [1.29, 1.82) is 0 Å². The van der Waals surface area contributed by atoms with Crippen molar-refractivity contribution in [2.45, 2.75) is 36.6 Å². The van der Waals surface area contributed by atoms with Gasteiger partial charge in [0, 0.05) is 25.7 Å². The first-order valence-corrected chi connectivity index (χ1v) is 10.2. The van der Waals surface area contributed by atoms with Crippen molar-refractivity contribution >= 4 is 21.8 Å². The van der Waals surface area contributed by atoms with E-state index in [1.54, 1.807) is 0 Å². The Kier molecular flexibility index (Phi) is 7.49. The molecule has 7 nitrogen and oxygen atoms in total. The first-order chi connectivity index (χ1) is 12.9. The van der Waals surface area contributed by atoms with E-state index in [9.17, 15) is 22.4 Å². The zero-order valence-electron chi connectivity index (χ0n) is 15.0. The molecule has 2 N–H and O–H groups in total. The molecule has 1 aliphatic rings. The summed E-state index contributed by atoms with van der Waals surface area (Å²) in [6.07, 6.45) is 4.15. The number of sulfonamides is 1. The van der Waals surface area contributed by atoms with Crippen LogP contribution in [-0.2, 0) is 19.6 Å². The summed E-state index contributed by atoms with van der Waals surface area (Å²) >= 11 is 0. The number of nitrogens with zero attached hydrogens (tertiary/aromatic N) is 1. The van der Waals surface area contributed by atoms with Gasteiger partial charge in [-0.15, -0.1) is 6.58 Å². The maximum Gasteiger partial charge on any atom is 0.309 e. The van der Waals surface area contributed by atoms with E-state index < -0.39 is 27.7 Å². The number of piperidine rings is 1. The van der Waals surface area contributed by atoms with E-state index in [4.69, 9.17) is 0 Å². The number of hydrogen-bond donors (Lipinski definition) is 2. The number of amides is 2. The van der Waals surface area contributed by atoms with Crippen LogP contribution in [0.4, 0.5) is 4.39 Å². The molecule has 0 saturated carbocycles. The Labute approximate surface area is 158 Å². The number of rotatable bonds is 7. The van der Waals surface area contributed by atoms with E-state index in [2.05, 4.69) is 17.2 Å². The summed E-state index contributed by atoms with van der Waals surface area (Å²) < 4.78 is 40.3. The number of hydrogen-bond acceptors (Lipinski definition) is 4. The van der Waals surface area contributed by atoms with Crippen molar-refractivity contribution in [3.05, 3.63) is 42.7 Å². The Morgan fingerprint density at radius 3 is 2.52 bits per heavy atom. The summed E-state index contributed by atoms with van der Waals surface area (Å²) in [5.41, 5.74) is 0. The van der Waals surface area contributed by atoms with Crippen LogP contribution in [0.15, 0.2) is 41.8 Å². The highest BCUT2D eigenvalue weighted by Crippen LogP contribution is 2.27. The van der Waals surface area contributed by atoms with Gasteiger partial charge in [-0.2, -0.15) is 4.31 Å². The fourth-order valence-corrected chi connectivity index (χ4v) is 4.72. The largest absolute Gasteiger partial charge is 0.348 e. The Morgan fingerprint density at radius 1 is 1.19 bits per heavy atom. The molecule has 0 aromatic heterocycles. The molecule has 148 valence electrons. The van der Waals surface area contributed by atoms with Crippen LogP contribution in [0.25, 0.3) is 0 Å². The lowest BCUT2D eigenvalue weighted by Crippen LogP contribution is -2.46. The molecule has 9 heteroatoms. The van der Waals surface area contributed by atoms with Crippen LogP contribution in [0.5, 0.6) is 0 Å². The van der Waals surface area contributed by atoms with Gasteiger partial charge in [-0.3, -0.25) is 9.59 Å². The summed E-state index contributed by atoms with van der Waals surface area (Å²) in [6.45, 7) is 4.19. The van der Waals surface area contributed by atoms with Crippen molar-refractivity contribution in [3.63, 3.8) is 0 Å². The minimum atomic E-state index is -3.74. The van der Waals surface area contributed by atoms with E-state index in [-0.39, 0.29) is 24.0 Å². The molecule has 1 heterocycles. The third-order valence-corrected chi connectivity index (χ3v) is 6.34. The molecule has 0 aliphatic carbocycles. The van der Waals surface area contributed by atoms with Gasteiger partial charge < -0.3 is 10.6 Å². The smallest absolute Gasteiger partial charge is 0.309 e. The van der Waals surface area contributed by atoms with Crippen LogP contribution < -0.4 is 10.6 Å². The number of carbonyl (C=O) groups excluding carboxylic acids is 2. The first kappa shape index (κ1) is 21.0. The highest BCUT2D eigenvalue weighted by Gasteiger charge is 2.33. The summed E-state index contributed by atoms with van der Waals surface area (Å²) in [5, 5.41) is 4.88. The molecule has 0 radical (unpaired) electrons. The maximum absolute atomic E-state index is 13.1. The molecule has 1 saturated heterocycles. The van der Waals surface area contributed by atoms with Crippen molar-refractivity contribution in [2.24, 2.45) is 0 Å². The predicted octanol–water partition coefficient (Wildman–Crippen LogP) is 1.18. The molecule has 0 spiro atoms. The van der Waals surface area contributed by atoms with Gasteiger partial charge in [0.1, 0.15) is 5.82 Å². The molecule has 27 heavy (non-hydrogen) atoms. The third-order valence-electron chi connectivity index (χ3n) is 4.37. The van der Waals surface area contributed by atoms with Crippen molar-refractivity contribution < 1.29 is 22.4 Å². The minimum absolute atomic E-state index is 0.0450. The molecule has 0 bridgehead atoms. The summed E-state index contributed by atoms with van der Waals surface area (Å²) in [7, 11) is -3.74. The fraction of sp³-hybridized carbons (Fsp3) is 0.444. The van der Waals surface area contributed by atoms with Crippen LogP contribution >= 0.6 is 0 Å². The zero-order chi connectivity index (χ0) is 19.9. The summed E-state index contributed by atoms with van der Waals surface area (Å²) in [5.74, 6) is -2.02. The second-order valence-electron chi connectivity index (χ2n) is 6.26. The van der Waals surface area contributed by atoms with E-state index in [0.717, 1.165) is 25.0 Å². The maximum atomic E-state index is 13.1. The molecule has 1 fully saturated rings. The van der Waals surface area contributed by atoms with Gasteiger partial charge in [0.15, 0.2) is 0 Å². The van der Waals surface area contributed by atoms with Gasteiger partial charge >= 0.3 is 11.8 Å². The highest BCUT2D eigenvalue weighted by atomic mass is 32.2. The molecule has 1 aromatic rings. The molecule has 1 atom stereocenters. The zero-order valence-corrected chi connectivity index (χ0v) is 15.8. The van der Waals surface area contributed by atoms with Crippen LogP contribution in [0, 0.1) is 5.82 Å². The van der Waals surface area contributed by atoms with Crippen LogP contribution in [0.2, 0.25) is 0 Å². The Morgan fingerprint density at radius 2 is 1.85 bits per heavy atom. The SMILES string of the molecule is C=CCNC(=O)C(=O)NCCC1CCCCN1S(=O)(=O)c1ccc(F)cc1. The topological polar surface area (TPSA) is 95.6 Å². The lowest BCUT2D eigenvalue weighted by atomic mass is 10.0. The van der Waals surface area contributed by atoms with Crippen LogP contribution in [-0.4, -0.2) is 50.2 Å². The second kappa shape index (κ2) is 9.61. The molecule has 2 rings (SSSR count). The molecule has 1 aromatic carbocycles. The summed E-state index contributed by atoms with van der Waals surface area (Å²) in [4.78, 5) is 23.3. The van der Waals surface area contributed by atoms with Gasteiger partial charge in [0.2, 0.25) is 10.0 Å². The standard InChI is InChI=1S/C18H24FN3O4S/c1-2-11-20-17(23)18(24)21-12-10-15-5-3-4-13-22(15)27(25,26)16-8-6-14(19)7-9-16/h2,6-9,15H,1,3-5,10-13H2,(H,20,23)(H,21,24). The van der Waals surface area contributed by atoms with E-state index >= 15 is 0 Å². The Balaban J connectivity index is 1.98. The van der Waals surface area contributed by atoms with Crippen molar-refractivity contribution in [3.8, 4) is 0 Å². The van der Waals surface area contributed by atoms with Crippen molar-refractivity contribution in [1.82, 2.24) is 14.9 Å². The number of benzene rings is 1. The quantitative estimate of drug-likeness (QED) is 0.533. The predicted molar refractivity (Wildman–Crippen MR) is 98.8 cm³/mol. The molecule has 1 unspecified atom stereocenters. The van der Waals surface area contributed by atoms with E-state index in [1.165, 1.54) is 22.5 Å². The van der Waals surface area contributed by atoms with Gasteiger partial charge in [0.05, 0.1) is 4.90 Å². The lowest BCUT2D eigenvalue weighted by molar-refractivity contribution is -0.139. The fourth-order valence-electron chi connectivity index (χ4n) is 3.00. The summed E-state index contributed by atoms with van der Waals surface area (Å²) in [6, 6.07) is 4.46. The van der Waals surface area contributed by atoms with E-state index in [1.807, 2.05) is 0 Å². The van der Waals surface area contributed by atoms with Crippen LogP contribution in [0.1, 0.15) is 25.7 Å². The molecular weight excluding hydrogens is 373 g/mol. The number of halogens is 1. The Bertz CT molecular complexity index is 780. The second-order valence-corrected chi connectivity index (χ2v) is 8.15. The average molecular weight is 397 g/mol. The van der Waals surface area contributed by atoms with Gasteiger partial charge in [-0.05, 0) is 43.5 Å². The highest BCUT2D eigenvalue weighted by molar-refractivity contribution is 7.89. The third kappa shape index (κ3) is 5.61. The van der Waals surface area contributed by atoms with Gasteiger partial charge in [-0.25, -0.2) is 12.8 Å². The molecule has 2 amide bonds. The van der Waals surface area contributed by atoms with Crippen LogP contribution in [0.3, 0.4) is 0 Å². The van der Waals surface area contributed by atoms with E-state index in [0.29, 0.717) is 19.4 Å².